The Balaban J connectivity index is 1.32. The van der Waals surface area contributed by atoms with Crippen molar-refractivity contribution in [2.24, 2.45) is 0 Å². The molecule has 1 fully saturated rings. The van der Waals surface area contributed by atoms with Crippen LogP contribution in [0, 0.1) is 0 Å². The zero-order chi connectivity index (χ0) is 24.8. The molecule has 6 nitrogen and oxygen atoms in total. The molecule has 0 unspecified atom stereocenters. The van der Waals surface area contributed by atoms with Crippen LogP contribution < -0.4 is 4.74 Å². The van der Waals surface area contributed by atoms with Crippen LogP contribution in [-0.4, -0.2) is 70.4 Å². The van der Waals surface area contributed by atoms with Crippen molar-refractivity contribution >= 4 is 11.0 Å². The highest BCUT2D eigenvalue weighted by molar-refractivity contribution is 5.76. The number of piperidine rings is 1. The standard InChI is InChI=1S/C26H33F3N4O2/c1-31(17-20-8-7-9-22(16-20)35-15-14-32-12-5-2-6-13-32)18-21(34)19-33-24-11-4-3-10-23(24)30-25(33)26(27,28)29/h3-4,7-11,16,21,34H,2,5-6,12-15,17-19H2,1H3/t21-/m0/s1. The second-order valence-corrected chi connectivity index (χ2v) is 9.28. The van der Waals surface area contributed by atoms with Gasteiger partial charge in [-0.05, 0) is 62.8 Å². The van der Waals surface area contributed by atoms with Crippen molar-refractivity contribution in [3.8, 4) is 5.75 Å². The second kappa shape index (κ2) is 11.4. The zero-order valence-electron chi connectivity index (χ0n) is 20.0. The first kappa shape index (κ1) is 25.5. The van der Waals surface area contributed by atoms with Crippen LogP contribution in [0.2, 0.25) is 0 Å². The molecule has 190 valence electrons. The number of para-hydroxylation sites is 2. The van der Waals surface area contributed by atoms with Gasteiger partial charge in [0.25, 0.3) is 0 Å². The van der Waals surface area contributed by atoms with Crippen LogP contribution >= 0.6 is 0 Å². The second-order valence-electron chi connectivity index (χ2n) is 9.28. The van der Waals surface area contributed by atoms with E-state index in [1.807, 2.05) is 36.2 Å². The molecule has 0 aliphatic carbocycles. The van der Waals surface area contributed by atoms with Gasteiger partial charge in [-0.25, -0.2) is 4.98 Å². The number of imidazole rings is 1. The average Bonchev–Trinajstić information content (AvgIpc) is 3.19. The number of hydrogen-bond donors (Lipinski definition) is 1. The molecule has 4 rings (SSSR count). The first-order valence-electron chi connectivity index (χ1n) is 12.1. The van der Waals surface area contributed by atoms with E-state index in [9.17, 15) is 18.3 Å². The van der Waals surface area contributed by atoms with Crippen LogP contribution in [0.15, 0.2) is 48.5 Å². The molecule has 0 bridgehead atoms. The Morgan fingerprint density at radius 3 is 2.63 bits per heavy atom. The van der Waals surface area contributed by atoms with Gasteiger partial charge in [-0.3, -0.25) is 9.80 Å². The van der Waals surface area contributed by atoms with Crippen molar-refractivity contribution in [3.63, 3.8) is 0 Å². The lowest BCUT2D eigenvalue weighted by Crippen LogP contribution is -2.33. The zero-order valence-corrected chi connectivity index (χ0v) is 20.0. The van der Waals surface area contributed by atoms with Gasteiger partial charge in [0, 0.05) is 19.6 Å². The number of halogens is 3. The molecule has 1 aliphatic heterocycles. The van der Waals surface area contributed by atoms with Crippen LogP contribution in [0.4, 0.5) is 13.2 Å². The van der Waals surface area contributed by atoms with E-state index in [4.69, 9.17) is 4.74 Å². The maximum Gasteiger partial charge on any atom is 0.449 e. The number of fused-ring (bicyclic) bond motifs is 1. The van der Waals surface area contributed by atoms with Crippen molar-refractivity contribution in [2.45, 2.75) is 44.6 Å². The number of aromatic nitrogens is 2. The molecular formula is C26H33F3N4O2. The van der Waals surface area contributed by atoms with Crippen molar-refractivity contribution < 1.29 is 23.0 Å². The SMILES string of the molecule is CN(Cc1cccc(OCCN2CCCCC2)c1)C[C@H](O)Cn1c(C(F)(F)F)nc2ccccc21. The van der Waals surface area contributed by atoms with Crippen molar-refractivity contribution in [1.29, 1.82) is 0 Å². The molecular weight excluding hydrogens is 457 g/mol. The van der Waals surface area contributed by atoms with Gasteiger partial charge in [-0.1, -0.05) is 30.7 Å². The third kappa shape index (κ3) is 6.96. The van der Waals surface area contributed by atoms with Gasteiger partial charge >= 0.3 is 6.18 Å². The smallest absolute Gasteiger partial charge is 0.449 e. The molecule has 1 aromatic heterocycles. The fraction of sp³-hybridized carbons (Fsp3) is 0.500. The monoisotopic (exact) mass is 490 g/mol. The third-order valence-corrected chi connectivity index (χ3v) is 6.30. The molecule has 1 saturated heterocycles. The van der Waals surface area contributed by atoms with E-state index in [-0.39, 0.29) is 18.6 Å². The highest BCUT2D eigenvalue weighted by atomic mass is 19.4. The Morgan fingerprint density at radius 1 is 1.09 bits per heavy atom. The molecule has 35 heavy (non-hydrogen) atoms. The number of hydrogen-bond acceptors (Lipinski definition) is 5. The van der Waals surface area contributed by atoms with E-state index in [1.165, 1.54) is 19.3 Å². The van der Waals surface area contributed by atoms with Gasteiger partial charge in [-0.15, -0.1) is 0 Å². The van der Waals surface area contributed by atoms with Gasteiger partial charge in [0.1, 0.15) is 12.4 Å². The number of likely N-dealkylation sites (tertiary alicyclic amines) is 1. The van der Waals surface area contributed by atoms with E-state index >= 15 is 0 Å². The van der Waals surface area contributed by atoms with E-state index in [1.54, 1.807) is 24.3 Å². The number of benzene rings is 2. The Labute approximate surface area is 203 Å². The molecule has 2 heterocycles. The molecule has 2 aromatic carbocycles. The number of rotatable bonds is 10. The van der Waals surface area contributed by atoms with Crippen molar-refractivity contribution in [3.05, 3.63) is 59.9 Å². The van der Waals surface area contributed by atoms with E-state index in [0.29, 0.717) is 18.7 Å². The topological polar surface area (TPSA) is 53.8 Å². The van der Waals surface area contributed by atoms with Crippen LogP contribution in [0.3, 0.4) is 0 Å². The number of aliphatic hydroxyl groups excluding tert-OH is 1. The highest BCUT2D eigenvalue weighted by Gasteiger charge is 2.38. The summed E-state index contributed by atoms with van der Waals surface area (Å²) >= 11 is 0. The molecule has 1 N–H and O–H groups in total. The summed E-state index contributed by atoms with van der Waals surface area (Å²) in [6.45, 7) is 4.38. The molecule has 3 aromatic rings. The quantitative estimate of drug-likeness (QED) is 0.456. The lowest BCUT2D eigenvalue weighted by atomic mass is 10.1. The lowest BCUT2D eigenvalue weighted by Gasteiger charge is -2.26. The van der Waals surface area contributed by atoms with Gasteiger partial charge in [-0.2, -0.15) is 13.2 Å². The molecule has 1 atom stereocenters. The van der Waals surface area contributed by atoms with Gasteiger partial charge < -0.3 is 14.4 Å². The number of aliphatic hydroxyl groups is 1. The molecule has 0 saturated carbocycles. The minimum Gasteiger partial charge on any atom is -0.492 e. The molecule has 0 spiro atoms. The lowest BCUT2D eigenvalue weighted by molar-refractivity contribution is -0.147. The molecule has 0 radical (unpaired) electrons. The Bertz CT molecular complexity index is 1100. The summed E-state index contributed by atoms with van der Waals surface area (Å²) in [6.07, 6.45) is -1.78. The first-order valence-corrected chi connectivity index (χ1v) is 12.1. The minimum absolute atomic E-state index is 0.195. The van der Waals surface area contributed by atoms with E-state index in [0.717, 1.165) is 35.5 Å². The Hall–Kier alpha value is -2.62. The summed E-state index contributed by atoms with van der Waals surface area (Å²) in [6, 6.07) is 14.3. The first-order chi connectivity index (χ1) is 16.8. The average molecular weight is 491 g/mol. The van der Waals surface area contributed by atoms with Crippen LogP contribution in [0.25, 0.3) is 11.0 Å². The third-order valence-electron chi connectivity index (χ3n) is 6.30. The van der Waals surface area contributed by atoms with Crippen molar-refractivity contribution in [1.82, 2.24) is 19.4 Å². The predicted molar refractivity (Wildman–Crippen MR) is 129 cm³/mol. The van der Waals surface area contributed by atoms with E-state index in [2.05, 4.69) is 9.88 Å². The maximum absolute atomic E-state index is 13.5. The molecule has 1 aliphatic rings. The van der Waals surface area contributed by atoms with Crippen LogP contribution in [0.5, 0.6) is 5.75 Å². The van der Waals surface area contributed by atoms with Gasteiger partial charge in [0.05, 0.1) is 23.7 Å². The Morgan fingerprint density at radius 2 is 1.86 bits per heavy atom. The largest absolute Gasteiger partial charge is 0.492 e. The summed E-state index contributed by atoms with van der Waals surface area (Å²) in [5, 5.41) is 10.6. The highest BCUT2D eigenvalue weighted by Crippen LogP contribution is 2.31. The summed E-state index contributed by atoms with van der Waals surface area (Å²) in [7, 11) is 1.84. The van der Waals surface area contributed by atoms with E-state index < -0.39 is 18.1 Å². The van der Waals surface area contributed by atoms with Crippen molar-refractivity contribution in [2.75, 3.05) is 39.8 Å². The minimum atomic E-state index is -4.60. The maximum atomic E-state index is 13.5. The number of nitrogens with zero attached hydrogens (tertiary/aromatic N) is 4. The predicted octanol–water partition coefficient (Wildman–Crippen LogP) is 4.41. The summed E-state index contributed by atoms with van der Waals surface area (Å²) in [5.74, 6) is -0.192. The fourth-order valence-corrected chi connectivity index (χ4v) is 4.69. The summed E-state index contributed by atoms with van der Waals surface area (Å²) < 4.78 is 47.6. The van der Waals surface area contributed by atoms with Crippen LogP contribution in [0.1, 0.15) is 30.7 Å². The number of alkyl halides is 3. The summed E-state index contributed by atoms with van der Waals surface area (Å²) in [5.41, 5.74) is 1.63. The van der Waals surface area contributed by atoms with Gasteiger partial charge in [0.2, 0.25) is 5.82 Å². The Kier molecular flexibility index (Phi) is 8.30. The number of likely N-dealkylation sites (N-methyl/N-ethyl adjacent to an activating group) is 1. The molecule has 0 amide bonds. The summed E-state index contributed by atoms with van der Waals surface area (Å²) in [4.78, 5) is 8.06. The number of ether oxygens (including phenoxy) is 1. The normalized spacial score (nSPS) is 16.2. The fourth-order valence-electron chi connectivity index (χ4n) is 4.69. The van der Waals surface area contributed by atoms with Crippen LogP contribution in [-0.2, 0) is 19.3 Å². The molecule has 9 heteroatoms. The van der Waals surface area contributed by atoms with Gasteiger partial charge in [0.15, 0.2) is 0 Å².